The summed E-state index contributed by atoms with van der Waals surface area (Å²) in [6, 6.07) is 1.61. The maximum Gasteiger partial charge on any atom is 0.220 e. The topological polar surface area (TPSA) is 87.5 Å². The number of nitrogens with zero attached hydrogens (tertiary/aromatic N) is 3. The SMILES string of the molecule is N#CC1=C[NH+]([O-])ON1C#N. The van der Waals surface area contributed by atoms with E-state index in [1.54, 1.807) is 6.07 Å². The van der Waals surface area contributed by atoms with Crippen molar-refractivity contribution in [3.05, 3.63) is 17.1 Å². The average Bonchev–Trinajstić information content (AvgIpc) is 2.30. The lowest BCUT2D eigenvalue weighted by Crippen LogP contribution is -3.00. The number of hydroxylamine groups is 4. The van der Waals surface area contributed by atoms with Gasteiger partial charge in [-0.25, -0.2) is 0 Å². The number of rotatable bonds is 0. The molecule has 1 N–H and O–H groups in total. The minimum absolute atomic E-state index is 0.0903. The van der Waals surface area contributed by atoms with Crippen molar-refractivity contribution in [1.82, 2.24) is 5.06 Å². The maximum absolute atomic E-state index is 10.3. The highest BCUT2D eigenvalue weighted by Crippen LogP contribution is 2.01. The molecule has 1 unspecified atom stereocenters. The third-order valence-corrected chi connectivity index (χ3v) is 0.860. The van der Waals surface area contributed by atoms with Gasteiger partial charge in [0.25, 0.3) is 0 Å². The molecule has 0 aliphatic carbocycles. The van der Waals surface area contributed by atoms with Gasteiger partial charge in [-0.2, -0.15) is 15.8 Å². The third-order valence-electron chi connectivity index (χ3n) is 0.860. The molecule has 0 saturated carbocycles. The first-order chi connectivity index (χ1) is 4.77. The Balaban J connectivity index is 2.80. The summed E-state index contributed by atoms with van der Waals surface area (Å²) < 4.78 is 0. The lowest BCUT2D eigenvalue weighted by atomic mass is 10.5. The molecule has 1 atom stereocenters. The Morgan fingerprint density at radius 3 is 2.80 bits per heavy atom. The second-order valence-corrected chi connectivity index (χ2v) is 1.45. The number of nitrogens with one attached hydrogen (secondary N) is 1. The van der Waals surface area contributed by atoms with Gasteiger partial charge in [0.05, 0.1) is 0 Å². The van der Waals surface area contributed by atoms with Crippen LogP contribution in [0.4, 0.5) is 0 Å². The van der Waals surface area contributed by atoms with E-state index in [1.807, 2.05) is 0 Å². The van der Waals surface area contributed by atoms with Gasteiger partial charge >= 0.3 is 0 Å². The molecule has 0 bridgehead atoms. The van der Waals surface area contributed by atoms with Gasteiger partial charge in [0.15, 0.2) is 6.20 Å². The van der Waals surface area contributed by atoms with E-state index in [0.29, 0.717) is 5.06 Å². The van der Waals surface area contributed by atoms with Gasteiger partial charge < -0.3 is 5.21 Å². The first kappa shape index (κ1) is 6.52. The van der Waals surface area contributed by atoms with Gasteiger partial charge in [0.2, 0.25) is 11.9 Å². The van der Waals surface area contributed by atoms with Crippen molar-refractivity contribution in [3.8, 4) is 12.3 Å². The summed E-state index contributed by atoms with van der Waals surface area (Å²) in [6.07, 6.45) is 2.44. The molecule has 6 nitrogen and oxygen atoms in total. The van der Waals surface area contributed by atoms with Crippen LogP contribution >= 0.6 is 0 Å². The summed E-state index contributed by atoms with van der Waals surface area (Å²) in [4.78, 5) is 4.23. The molecule has 0 amide bonds. The van der Waals surface area contributed by atoms with Gasteiger partial charge in [-0.1, -0.05) is 10.0 Å². The van der Waals surface area contributed by atoms with Crippen LogP contribution in [0.25, 0.3) is 0 Å². The molecule has 1 aliphatic heterocycles. The van der Waals surface area contributed by atoms with Gasteiger partial charge in [-0.3, -0.25) is 0 Å². The molecule has 0 saturated heterocycles. The number of nitriles is 2. The standard InChI is InChI=1S/C4H2N4O2/c5-1-4-2-8(9)10-7(4)3-6/h2,8H. The fourth-order valence-corrected chi connectivity index (χ4v) is 0.488. The molecule has 6 heteroatoms. The lowest BCUT2D eigenvalue weighted by Gasteiger charge is -2.07. The second-order valence-electron chi connectivity index (χ2n) is 1.45. The van der Waals surface area contributed by atoms with Crippen molar-refractivity contribution >= 4 is 0 Å². The Morgan fingerprint density at radius 1 is 1.70 bits per heavy atom. The van der Waals surface area contributed by atoms with Gasteiger partial charge in [-0.15, -0.1) is 0 Å². The molecular weight excluding hydrogens is 136 g/mol. The average molecular weight is 138 g/mol. The second kappa shape index (κ2) is 2.33. The fourth-order valence-electron chi connectivity index (χ4n) is 0.488. The number of quaternary nitrogens is 1. The summed E-state index contributed by atoms with van der Waals surface area (Å²) in [5.74, 6) is 0. The van der Waals surface area contributed by atoms with Crippen LogP contribution in [0.15, 0.2) is 11.9 Å². The predicted octanol–water partition coefficient (Wildman–Crippen LogP) is -1.62. The van der Waals surface area contributed by atoms with E-state index in [9.17, 15) is 5.21 Å². The summed E-state index contributed by atoms with van der Waals surface area (Å²) in [6.45, 7) is 0. The van der Waals surface area contributed by atoms with Crippen LogP contribution in [0.3, 0.4) is 0 Å². The Hall–Kier alpha value is -1.60. The summed E-state index contributed by atoms with van der Waals surface area (Å²) in [5, 5.41) is 26.6. The van der Waals surface area contributed by atoms with Crippen molar-refractivity contribution in [2.24, 2.45) is 0 Å². The van der Waals surface area contributed by atoms with E-state index in [2.05, 4.69) is 4.94 Å². The van der Waals surface area contributed by atoms with Crippen molar-refractivity contribution < 1.29 is 10.2 Å². The van der Waals surface area contributed by atoms with Crippen LogP contribution in [0.2, 0.25) is 0 Å². The number of hydrogen-bond acceptors (Lipinski definition) is 5. The molecule has 0 aromatic carbocycles. The Labute approximate surface area is 56.2 Å². The molecule has 0 aromatic heterocycles. The molecule has 1 heterocycles. The molecular formula is C4H2N4O2. The highest BCUT2D eigenvalue weighted by atomic mass is 17.0. The van der Waals surface area contributed by atoms with Crippen molar-refractivity contribution in [1.29, 1.82) is 10.5 Å². The molecule has 0 fully saturated rings. The summed E-state index contributed by atoms with van der Waals surface area (Å²) in [5.41, 5.74) is -0.0903. The van der Waals surface area contributed by atoms with Crippen LogP contribution in [0.5, 0.6) is 0 Å². The molecule has 1 rings (SSSR count). The van der Waals surface area contributed by atoms with Crippen LogP contribution in [-0.2, 0) is 4.94 Å². The molecule has 0 radical (unpaired) electrons. The predicted molar refractivity (Wildman–Crippen MR) is 26.6 cm³/mol. The quantitative estimate of drug-likeness (QED) is 0.321. The van der Waals surface area contributed by atoms with E-state index in [-0.39, 0.29) is 5.70 Å². The molecule has 1 aliphatic rings. The Bertz CT molecular complexity index is 247. The van der Waals surface area contributed by atoms with Crippen molar-refractivity contribution in [2.45, 2.75) is 0 Å². The number of hydrogen-bond donors (Lipinski definition) is 1. The smallest absolute Gasteiger partial charge is 0.220 e. The third kappa shape index (κ3) is 0.900. The maximum atomic E-state index is 10.3. The van der Waals surface area contributed by atoms with E-state index < -0.39 is 5.23 Å². The van der Waals surface area contributed by atoms with Crippen LogP contribution in [0.1, 0.15) is 0 Å². The largest absolute Gasteiger partial charge is 0.593 e. The van der Waals surface area contributed by atoms with E-state index in [1.165, 1.54) is 6.19 Å². The van der Waals surface area contributed by atoms with E-state index in [4.69, 9.17) is 10.5 Å². The highest BCUT2D eigenvalue weighted by molar-refractivity contribution is 5.18. The lowest BCUT2D eigenvalue weighted by molar-refractivity contribution is -1.03. The van der Waals surface area contributed by atoms with E-state index in [0.717, 1.165) is 6.20 Å². The molecule has 0 aromatic rings. The van der Waals surface area contributed by atoms with Crippen LogP contribution < -0.4 is 5.23 Å². The van der Waals surface area contributed by atoms with Gasteiger partial charge in [0.1, 0.15) is 6.07 Å². The van der Waals surface area contributed by atoms with Crippen LogP contribution in [0, 0.1) is 28.0 Å². The first-order valence-electron chi connectivity index (χ1n) is 2.31. The normalized spacial score (nSPS) is 23.3. The van der Waals surface area contributed by atoms with Crippen molar-refractivity contribution in [3.63, 3.8) is 0 Å². The van der Waals surface area contributed by atoms with E-state index >= 15 is 0 Å². The fraction of sp³-hybridized carbons (Fsp3) is 0. The van der Waals surface area contributed by atoms with Crippen LogP contribution in [-0.4, -0.2) is 5.06 Å². The summed E-state index contributed by atoms with van der Waals surface area (Å²) in [7, 11) is 0. The number of allylic oxidation sites excluding steroid dienone is 1. The Morgan fingerprint density at radius 2 is 2.40 bits per heavy atom. The zero-order valence-electron chi connectivity index (χ0n) is 4.74. The highest BCUT2D eigenvalue weighted by Gasteiger charge is 2.22. The Kier molecular flexibility index (Phi) is 1.52. The molecule has 10 heavy (non-hydrogen) atoms. The minimum Gasteiger partial charge on any atom is -0.593 e. The minimum atomic E-state index is -0.696. The van der Waals surface area contributed by atoms with Crippen molar-refractivity contribution in [2.75, 3.05) is 0 Å². The zero-order valence-corrected chi connectivity index (χ0v) is 4.74. The first-order valence-corrected chi connectivity index (χ1v) is 2.31. The summed E-state index contributed by atoms with van der Waals surface area (Å²) >= 11 is 0. The molecule has 0 spiro atoms. The monoisotopic (exact) mass is 138 g/mol. The van der Waals surface area contributed by atoms with Gasteiger partial charge in [0, 0.05) is 0 Å². The van der Waals surface area contributed by atoms with Gasteiger partial charge in [-0.05, 0) is 0 Å². The molecule has 50 valence electrons. The zero-order chi connectivity index (χ0) is 7.56.